The van der Waals surface area contributed by atoms with Gasteiger partial charge in [0.05, 0.1) is 36.2 Å². The average Bonchev–Trinajstić information content (AvgIpc) is 3.10. The van der Waals surface area contributed by atoms with Crippen LogP contribution >= 0.6 is 0 Å². The Balaban J connectivity index is 2.43. The summed E-state index contributed by atoms with van der Waals surface area (Å²) in [6.45, 7) is 1.83. The number of benzene rings is 1. The predicted molar refractivity (Wildman–Crippen MR) is 85.7 cm³/mol. The van der Waals surface area contributed by atoms with Gasteiger partial charge in [-0.15, -0.1) is 0 Å². The van der Waals surface area contributed by atoms with Crippen molar-refractivity contribution in [2.45, 2.75) is 29.4 Å². The normalized spacial score (nSPS) is 13.7. The summed E-state index contributed by atoms with van der Waals surface area (Å²) in [5, 5.41) is 8.05. The molecule has 0 N–H and O–H groups in total. The number of esters is 1. The van der Waals surface area contributed by atoms with Gasteiger partial charge in [0.25, 0.3) is 0 Å². The summed E-state index contributed by atoms with van der Waals surface area (Å²) in [6, 6.07) is 12.6. The lowest BCUT2D eigenvalue weighted by Crippen LogP contribution is -2.29. The van der Waals surface area contributed by atoms with Crippen LogP contribution in [0.1, 0.15) is 25.0 Å². The van der Waals surface area contributed by atoms with Crippen LogP contribution in [0.3, 0.4) is 0 Å². The standard InChI is InChI=1S/C17H17NO5S/c1-2-22-17(19)11-14(15-9-6-10-23-15)16(12-18)24(20,21)13-7-4-3-5-8-13/h3-10,14,16H,2,11H2,1H3. The van der Waals surface area contributed by atoms with Crippen molar-refractivity contribution < 1.29 is 22.4 Å². The average molecular weight is 347 g/mol. The Bertz CT molecular complexity index is 806. The summed E-state index contributed by atoms with van der Waals surface area (Å²) in [5.74, 6) is -1.27. The van der Waals surface area contributed by atoms with Crippen LogP contribution < -0.4 is 0 Å². The molecule has 0 saturated heterocycles. The molecule has 2 unspecified atom stereocenters. The third-order valence-corrected chi connectivity index (χ3v) is 5.53. The van der Waals surface area contributed by atoms with Crippen molar-refractivity contribution in [1.29, 1.82) is 5.26 Å². The molecule has 2 atom stereocenters. The summed E-state index contributed by atoms with van der Waals surface area (Å²) < 4.78 is 35.8. The van der Waals surface area contributed by atoms with Crippen molar-refractivity contribution in [1.82, 2.24) is 0 Å². The predicted octanol–water partition coefficient (Wildman–Crippen LogP) is 2.68. The van der Waals surface area contributed by atoms with Crippen molar-refractivity contribution in [2.75, 3.05) is 6.61 Å². The number of ether oxygens (including phenoxy) is 1. The van der Waals surface area contributed by atoms with Gasteiger partial charge in [-0.2, -0.15) is 5.26 Å². The number of sulfone groups is 1. The molecule has 0 spiro atoms. The zero-order valence-corrected chi connectivity index (χ0v) is 13.9. The summed E-state index contributed by atoms with van der Waals surface area (Å²) in [5.41, 5.74) is 0. The number of nitriles is 1. The van der Waals surface area contributed by atoms with Gasteiger partial charge in [-0.1, -0.05) is 18.2 Å². The molecule has 0 aliphatic rings. The molecule has 24 heavy (non-hydrogen) atoms. The Labute approximate surface area is 140 Å². The van der Waals surface area contributed by atoms with Crippen molar-refractivity contribution >= 4 is 15.8 Å². The van der Waals surface area contributed by atoms with Crippen LogP contribution in [0.2, 0.25) is 0 Å². The van der Waals surface area contributed by atoms with Gasteiger partial charge in [0.1, 0.15) is 5.76 Å². The van der Waals surface area contributed by atoms with Gasteiger partial charge in [-0.05, 0) is 31.2 Å². The maximum Gasteiger partial charge on any atom is 0.306 e. The maximum absolute atomic E-state index is 12.8. The van der Waals surface area contributed by atoms with E-state index < -0.39 is 27.0 Å². The van der Waals surface area contributed by atoms with Crippen LogP contribution in [-0.4, -0.2) is 26.2 Å². The van der Waals surface area contributed by atoms with Crippen LogP contribution in [-0.2, 0) is 19.4 Å². The highest BCUT2D eigenvalue weighted by atomic mass is 32.2. The summed E-state index contributed by atoms with van der Waals surface area (Å²) in [6.07, 6.45) is 1.11. The number of carbonyl (C=O) groups is 1. The lowest BCUT2D eigenvalue weighted by atomic mass is 9.99. The van der Waals surface area contributed by atoms with Gasteiger partial charge >= 0.3 is 5.97 Å². The van der Waals surface area contributed by atoms with E-state index in [2.05, 4.69) is 0 Å². The number of hydrogen-bond acceptors (Lipinski definition) is 6. The first-order valence-corrected chi connectivity index (χ1v) is 8.93. The van der Waals surface area contributed by atoms with Crippen LogP contribution in [0.4, 0.5) is 0 Å². The Morgan fingerprint density at radius 2 is 1.96 bits per heavy atom. The molecule has 0 aliphatic heterocycles. The SMILES string of the molecule is CCOC(=O)CC(c1ccco1)C(C#N)S(=O)(=O)c1ccccc1. The van der Waals surface area contributed by atoms with Gasteiger partial charge in [0, 0.05) is 0 Å². The molecule has 7 heteroatoms. The first-order valence-electron chi connectivity index (χ1n) is 7.38. The monoisotopic (exact) mass is 347 g/mol. The zero-order chi connectivity index (χ0) is 17.6. The lowest BCUT2D eigenvalue weighted by molar-refractivity contribution is -0.143. The molecule has 1 aromatic carbocycles. The molecule has 0 bridgehead atoms. The minimum atomic E-state index is -3.97. The molecule has 0 saturated carbocycles. The molecular weight excluding hydrogens is 330 g/mol. The Hall–Kier alpha value is -2.59. The van der Waals surface area contributed by atoms with E-state index in [9.17, 15) is 18.5 Å². The molecule has 0 fully saturated rings. The topological polar surface area (TPSA) is 97.4 Å². The van der Waals surface area contributed by atoms with Crippen LogP contribution in [0.15, 0.2) is 58.0 Å². The van der Waals surface area contributed by atoms with Gasteiger partial charge in [-0.3, -0.25) is 4.79 Å². The van der Waals surface area contributed by atoms with Crippen LogP contribution in [0.5, 0.6) is 0 Å². The highest BCUT2D eigenvalue weighted by Gasteiger charge is 2.39. The summed E-state index contributed by atoms with van der Waals surface area (Å²) >= 11 is 0. The van der Waals surface area contributed by atoms with Crippen molar-refractivity contribution in [3.8, 4) is 6.07 Å². The third-order valence-electron chi connectivity index (χ3n) is 3.50. The van der Waals surface area contributed by atoms with E-state index in [4.69, 9.17) is 9.15 Å². The molecule has 0 radical (unpaired) electrons. The Morgan fingerprint density at radius 3 is 2.50 bits per heavy atom. The second-order valence-corrected chi connectivity index (χ2v) is 7.11. The van der Waals surface area contributed by atoms with Gasteiger partial charge in [-0.25, -0.2) is 8.42 Å². The highest BCUT2D eigenvalue weighted by Crippen LogP contribution is 2.32. The smallest absolute Gasteiger partial charge is 0.306 e. The third kappa shape index (κ3) is 3.84. The molecular formula is C17H17NO5S. The molecule has 1 aromatic heterocycles. The van der Waals surface area contributed by atoms with E-state index in [0.29, 0.717) is 0 Å². The number of rotatable bonds is 7. The fraction of sp³-hybridized carbons (Fsp3) is 0.294. The summed E-state index contributed by atoms with van der Waals surface area (Å²) in [4.78, 5) is 11.9. The van der Waals surface area contributed by atoms with E-state index in [1.54, 1.807) is 37.3 Å². The number of nitrogens with zero attached hydrogens (tertiary/aromatic N) is 1. The largest absolute Gasteiger partial charge is 0.469 e. The Morgan fingerprint density at radius 1 is 1.25 bits per heavy atom. The fourth-order valence-electron chi connectivity index (χ4n) is 2.39. The van der Waals surface area contributed by atoms with E-state index in [1.807, 2.05) is 6.07 Å². The molecule has 0 aliphatic carbocycles. The first kappa shape index (κ1) is 17.8. The van der Waals surface area contributed by atoms with E-state index in [-0.39, 0.29) is 23.7 Å². The Kier molecular flexibility index (Phi) is 5.77. The lowest BCUT2D eigenvalue weighted by Gasteiger charge is -2.19. The fourth-order valence-corrected chi connectivity index (χ4v) is 4.02. The van der Waals surface area contributed by atoms with Crippen molar-refractivity contribution in [3.63, 3.8) is 0 Å². The molecule has 126 valence electrons. The quantitative estimate of drug-likeness (QED) is 0.714. The van der Waals surface area contributed by atoms with Gasteiger partial charge < -0.3 is 9.15 Å². The number of carbonyl (C=O) groups excluding carboxylic acids is 1. The second-order valence-electron chi connectivity index (χ2n) is 5.04. The number of hydrogen-bond donors (Lipinski definition) is 0. The molecule has 1 heterocycles. The molecule has 2 rings (SSSR count). The molecule has 6 nitrogen and oxygen atoms in total. The molecule has 2 aromatic rings. The van der Waals surface area contributed by atoms with E-state index >= 15 is 0 Å². The van der Waals surface area contributed by atoms with Crippen LogP contribution in [0, 0.1) is 11.3 Å². The van der Waals surface area contributed by atoms with Crippen LogP contribution in [0.25, 0.3) is 0 Å². The minimum absolute atomic E-state index is 0.0250. The molecule has 0 amide bonds. The number of furan rings is 1. The first-order chi connectivity index (χ1) is 11.5. The maximum atomic E-state index is 12.8. The van der Waals surface area contributed by atoms with Gasteiger partial charge in [0.15, 0.2) is 15.1 Å². The van der Waals surface area contributed by atoms with E-state index in [0.717, 1.165) is 0 Å². The van der Waals surface area contributed by atoms with Crippen molar-refractivity contribution in [2.24, 2.45) is 0 Å². The van der Waals surface area contributed by atoms with Gasteiger partial charge in [0.2, 0.25) is 0 Å². The van der Waals surface area contributed by atoms with E-state index in [1.165, 1.54) is 18.4 Å². The highest BCUT2D eigenvalue weighted by molar-refractivity contribution is 7.92. The van der Waals surface area contributed by atoms with Crippen molar-refractivity contribution in [3.05, 3.63) is 54.5 Å². The zero-order valence-electron chi connectivity index (χ0n) is 13.1. The summed E-state index contributed by atoms with van der Waals surface area (Å²) in [7, 11) is -3.97. The minimum Gasteiger partial charge on any atom is -0.469 e. The second kappa shape index (κ2) is 7.79.